The van der Waals surface area contributed by atoms with Gasteiger partial charge in [0.05, 0.1) is 11.2 Å². The van der Waals surface area contributed by atoms with E-state index in [1.165, 1.54) is 18.4 Å². The molecule has 5 heteroatoms. The van der Waals surface area contributed by atoms with E-state index in [-0.39, 0.29) is 0 Å². The normalized spacial score (nSPS) is 18.5. The van der Waals surface area contributed by atoms with Crippen LogP contribution in [0.4, 0.5) is 0 Å². The largest absolute Gasteiger partial charge is 0.341 e. The number of hydrogen-bond donors (Lipinski definition) is 1. The number of rotatable bonds is 4. The van der Waals surface area contributed by atoms with Crippen molar-refractivity contribution < 1.29 is 0 Å². The maximum Gasteiger partial charge on any atom is 0.177 e. The van der Waals surface area contributed by atoms with E-state index in [9.17, 15) is 0 Å². The van der Waals surface area contributed by atoms with Crippen molar-refractivity contribution in [3.05, 3.63) is 52.7 Å². The number of aromatic nitrogens is 4. The van der Waals surface area contributed by atoms with Gasteiger partial charge in [0.1, 0.15) is 5.82 Å². The first-order valence-electron chi connectivity index (χ1n) is 9.54. The van der Waals surface area contributed by atoms with Gasteiger partial charge >= 0.3 is 0 Å². The lowest BCUT2D eigenvalue weighted by molar-refractivity contribution is 0.165. The second kappa shape index (κ2) is 7.16. The van der Waals surface area contributed by atoms with E-state index in [1.54, 1.807) is 0 Å². The number of piperidine rings is 1. The van der Waals surface area contributed by atoms with Gasteiger partial charge in [-0.25, -0.2) is 9.97 Å². The number of pyridine rings is 2. The number of H-pyrrole nitrogens is 1. The number of likely N-dealkylation sites (tertiary alicyclic amines) is 1. The van der Waals surface area contributed by atoms with Crippen molar-refractivity contribution in [1.29, 1.82) is 0 Å². The average molecular weight is 349 g/mol. The quantitative estimate of drug-likeness (QED) is 0.780. The summed E-state index contributed by atoms with van der Waals surface area (Å²) in [7, 11) is 0. The van der Waals surface area contributed by atoms with E-state index in [2.05, 4.69) is 58.0 Å². The molecule has 0 aliphatic carbocycles. The lowest BCUT2D eigenvalue weighted by Crippen LogP contribution is -2.36. The third-order valence-corrected chi connectivity index (χ3v) is 5.18. The SMILES string of the molecule is Cc1cc(C[C@H]2CCCN(Cc3ccc4[nH]c(C)nc4n3)C2)cc(C)n1. The minimum atomic E-state index is 0.710. The van der Waals surface area contributed by atoms with Crippen LogP contribution < -0.4 is 0 Å². The van der Waals surface area contributed by atoms with E-state index < -0.39 is 0 Å². The Kier molecular flexibility index (Phi) is 4.72. The van der Waals surface area contributed by atoms with E-state index in [0.29, 0.717) is 5.92 Å². The van der Waals surface area contributed by atoms with Gasteiger partial charge in [-0.15, -0.1) is 0 Å². The Morgan fingerprint density at radius 3 is 2.69 bits per heavy atom. The first-order valence-corrected chi connectivity index (χ1v) is 9.54. The summed E-state index contributed by atoms with van der Waals surface area (Å²) < 4.78 is 0. The predicted octanol–water partition coefficient (Wildman–Crippen LogP) is 3.73. The van der Waals surface area contributed by atoms with Crippen molar-refractivity contribution in [2.24, 2.45) is 5.92 Å². The Hall–Kier alpha value is -2.27. The van der Waals surface area contributed by atoms with Crippen LogP contribution in [0.25, 0.3) is 11.2 Å². The van der Waals surface area contributed by atoms with Gasteiger partial charge < -0.3 is 4.98 Å². The Morgan fingerprint density at radius 2 is 1.88 bits per heavy atom. The Morgan fingerprint density at radius 1 is 1.08 bits per heavy atom. The van der Waals surface area contributed by atoms with E-state index in [1.807, 2.05) is 6.92 Å². The zero-order valence-electron chi connectivity index (χ0n) is 15.9. The van der Waals surface area contributed by atoms with Gasteiger partial charge in [0.25, 0.3) is 0 Å². The molecule has 0 aromatic carbocycles. The highest BCUT2D eigenvalue weighted by molar-refractivity contribution is 5.70. The van der Waals surface area contributed by atoms with Gasteiger partial charge in [-0.3, -0.25) is 9.88 Å². The molecule has 0 amide bonds. The van der Waals surface area contributed by atoms with Crippen molar-refractivity contribution >= 4 is 11.2 Å². The van der Waals surface area contributed by atoms with Crippen molar-refractivity contribution in [3.8, 4) is 0 Å². The Balaban J connectivity index is 1.42. The summed E-state index contributed by atoms with van der Waals surface area (Å²) in [5.74, 6) is 1.63. The Labute approximate surface area is 154 Å². The zero-order valence-corrected chi connectivity index (χ0v) is 15.9. The third kappa shape index (κ3) is 3.93. The van der Waals surface area contributed by atoms with Crippen LogP contribution >= 0.6 is 0 Å². The van der Waals surface area contributed by atoms with Crippen LogP contribution in [0, 0.1) is 26.7 Å². The average Bonchev–Trinajstić information content (AvgIpc) is 2.93. The molecule has 3 aromatic heterocycles. The van der Waals surface area contributed by atoms with Gasteiger partial charge in [-0.2, -0.15) is 0 Å². The lowest BCUT2D eigenvalue weighted by atomic mass is 9.91. The first-order chi connectivity index (χ1) is 12.5. The third-order valence-electron chi connectivity index (χ3n) is 5.18. The summed E-state index contributed by atoms with van der Waals surface area (Å²) in [5, 5.41) is 0. The van der Waals surface area contributed by atoms with Crippen LogP contribution in [0.2, 0.25) is 0 Å². The van der Waals surface area contributed by atoms with Gasteiger partial charge in [0.2, 0.25) is 0 Å². The highest BCUT2D eigenvalue weighted by Crippen LogP contribution is 2.23. The van der Waals surface area contributed by atoms with Crippen molar-refractivity contribution in [2.75, 3.05) is 13.1 Å². The number of aryl methyl sites for hydroxylation is 3. The molecular weight excluding hydrogens is 322 g/mol. The smallest absolute Gasteiger partial charge is 0.177 e. The monoisotopic (exact) mass is 349 g/mol. The number of nitrogens with zero attached hydrogens (tertiary/aromatic N) is 4. The molecule has 1 fully saturated rings. The van der Waals surface area contributed by atoms with Gasteiger partial charge in [0, 0.05) is 24.5 Å². The molecule has 26 heavy (non-hydrogen) atoms. The van der Waals surface area contributed by atoms with E-state index in [4.69, 9.17) is 4.98 Å². The fraction of sp³-hybridized carbons (Fsp3) is 0.476. The molecule has 1 atom stereocenters. The van der Waals surface area contributed by atoms with Crippen LogP contribution in [0.15, 0.2) is 24.3 Å². The molecule has 3 aromatic rings. The van der Waals surface area contributed by atoms with Crippen LogP contribution in [0.3, 0.4) is 0 Å². The van der Waals surface area contributed by atoms with Gasteiger partial charge in [0.15, 0.2) is 5.65 Å². The summed E-state index contributed by atoms with van der Waals surface area (Å²) in [5.41, 5.74) is 6.63. The summed E-state index contributed by atoms with van der Waals surface area (Å²) in [4.78, 5) is 19.5. The maximum absolute atomic E-state index is 4.73. The molecule has 0 unspecified atom stereocenters. The summed E-state index contributed by atoms with van der Waals surface area (Å²) in [6.07, 6.45) is 3.71. The predicted molar refractivity (Wildman–Crippen MR) is 104 cm³/mol. The minimum Gasteiger partial charge on any atom is -0.341 e. The van der Waals surface area contributed by atoms with E-state index in [0.717, 1.165) is 60.1 Å². The van der Waals surface area contributed by atoms with Crippen LogP contribution in [-0.2, 0) is 13.0 Å². The molecule has 0 saturated carbocycles. The van der Waals surface area contributed by atoms with Crippen molar-refractivity contribution in [1.82, 2.24) is 24.8 Å². The van der Waals surface area contributed by atoms with Gasteiger partial charge in [-0.05, 0) is 82.3 Å². The second-order valence-corrected chi connectivity index (χ2v) is 7.70. The molecule has 0 radical (unpaired) electrons. The molecule has 0 bridgehead atoms. The highest BCUT2D eigenvalue weighted by atomic mass is 15.1. The number of imidazole rings is 1. The highest BCUT2D eigenvalue weighted by Gasteiger charge is 2.21. The molecule has 5 nitrogen and oxygen atoms in total. The van der Waals surface area contributed by atoms with Crippen LogP contribution in [0.1, 0.15) is 41.3 Å². The molecular formula is C21H27N5. The molecule has 4 heterocycles. The summed E-state index contributed by atoms with van der Waals surface area (Å²) >= 11 is 0. The number of hydrogen-bond acceptors (Lipinski definition) is 4. The number of aromatic amines is 1. The van der Waals surface area contributed by atoms with Crippen LogP contribution in [-0.4, -0.2) is 37.9 Å². The van der Waals surface area contributed by atoms with Crippen LogP contribution in [0.5, 0.6) is 0 Å². The molecule has 136 valence electrons. The fourth-order valence-electron chi connectivity index (χ4n) is 4.20. The van der Waals surface area contributed by atoms with E-state index >= 15 is 0 Å². The fourth-order valence-corrected chi connectivity index (χ4v) is 4.20. The maximum atomic E-state index is 4.73. The van der Waals surface area contributed by atoms with Crippen molar-refractivity contribution in [3.63, 3.8) is 0 Å². The standard InChI is InChI=1S/C21H27N5/c1-14-9-18(10-15(2)22-14)11-17-5-4-8-26(12-17)13-19-6-7-20-21(25-19)24-16(3)23-20/h6-7,9-10,17H,4-5,8,11-13H2,1-3H3,(H,23,24,25)/t17-/m1/s1. The molecule has 1 saturated heterocycles. The number of fused-ring (bicyclic) bond motifs is 1. The Bertz CT molecular complexity index is 894. The summed E-state index contributed by atoms with van der Waals surface area (Å²) in [6.45, 7) is 9.35. The second-order valence-electron chi connectivity index (χ2n) is 7.70. The first kappa shape index (κ1) is 17.2. The molecule has 1 aliphatic heterocycles. The lowest BCUT2D eigenvalue weighted by Gasteiger charge is -2.32. The molecule has 1 N–H and O–H groups in total. The van der Waals surface area contributed by atoms with Gasteiger partial charge in [-0.1, -0.05) is 0 Å². The molecule has 4 rings (SSSR count). The molecule has 0 spiro atoms. The number of nitrogens with one attached hydrogen (secondary N) is 1. The summed E-state index contributed by atoms with van der Waals surface area (Å²) in [6, 6.07) is 8.70. The topological polar surface area (TPSA) is 57.7 Å². The minimum absolute atomic E-state index is 0.710. The molecule has 1 aliphatic rings. The van der Waals surface area contributed by atoms with Crippen molar-refractivity contribution in [2.45, 2.75) is 46.6 Å². The zero-order chi connectivity index (χ0) is 18.1.